The first-order chi connectivity index (χ1) is 11.2. The monoisotopic (exact) mass is 305 g/mol. The van der Waals surface area contributed by atoms with Gasteiger partial charge in [0.25, 0.3) is 0 Å². The van der Waals surface area contributed by atoms with Crippen LogP contribution in [0.25, 0.3) is 10.4 Å². The Labute approximate surface area is 133 Å². The van der Waals surface area contributed by atoms with Crippen LogP contribution in [-0.2, 0) is 5.41 Å². The van der Waals surface area contributed by atoms with E-state index < -0.39 is 5.41 Å². The van der Waals surface area contributed by atoms with Gasteiger partial charge in [-0.25, -0.2) is 0 Å². The third kappa shape index (κ3) is 2.31. The fourth-order valence-electron chi connectivity index (χ4n) is 3.26. The lowest BCUT2D eigenvalue weighted by Crippen LogP contribution is -2.38. The number of carbonyl (C=O) groups is 2. The van der Waals surface area contributed by atoms with E-state index in [2.05, 4.69) is 10.0 Å². The molecule has 0 unspecified atom stereocenters. The van der Waals surface area contributed by atoms with Crippen molar-refractivity contribution in [3.63, 3.8) is 0 Å². The molecule has 5 nitrogen and oxygen atoms in total. The van der Waals surface area contributed by atoms with E-state index in [9.17, 15) is 9.59 Å². The molecule has 0 spiro atoms. The van der Waals surface area contributed by atoms with Crippen LogP contribution in [0.15, 0.2) is 59.7 Å². The third-order valence-electron chi connectivity index (χ3n) is 4.33. The molecule has 2 aromatic carbocycles. The molecule has 0 bridgehead atoms. The topological polar surface area (TPSA) is 82.9 Å². The molecule has 0 radical (unpaired) electrons. The van der Waals surface area contributed by atoms with E-state index in [1.807, 2.05) is 30.3 Å². The Balaban J connectivity index is 2.09. The summed E-state index contributed by atoms with van der Waals surface area (Å²) in [6.07, 6.45) is 0.812. The van der Waals surface area contributed by atoms with E-state index in [0.717, 1.165) is 0 Å². The van der Waals surface area contributed by atoms with Crippen LogP contribution in [-0.4, -0.2) is 18.1 Å². The molecule has 3 rings (SSSR count). The van der Waals surface area contributed by atoms with Gasteiger partial charge in [0.2, 0.25) is 0 Å². The molecule has 0 N–H and O–H groups in total. The highest BCUT2D eigenvalue weighted by Gasteiger charge is 2.53. The molecular weight excluding hydrogens is 290 g/mol. The minimum absolute atomic E-state index is 0.162. The van der Waals surface area contributed by atoms with Gasteiger partial charge >= 0.3 is 0 Å². The van der Waals surface area contributed by atoms with Crippen molar-refractivity contribution < 1.29 is 9.59 Å². The van der Waals surface area contributed by atoms with E-state index >= 15 is 0 Å². The van der Waals surface area contributed by atoms with Gasteiger partial charge in [0, 0.05) is 22.6 Å². The Morgan fingerprint density at radius 3 is 2.04 bits per heavy atom. The molecule has 0 saturated carbocycles. The van der Waals surface area contributed by atoms with Crippen molar-refractivity contribution >= 4 is 11.6 Å². The summed E-state index contributed by atoms with van der Waals surface area (Å²) in [5.74, 6) is -0.324. The Hall–Kier alpha value is -2.91. The molecule has 0 heterocycles. The van der Waals surface area contributed by atoms with Gasteiger partial charge in [-0.15, -0.1) is 0 Å². The summed E-state index contributed by atoms with van der Waals surface area (Å²) in [5.41, 5.74) is 8.87. The zero-order valence-electron chi connectivity index (χ0n) is 12.5. The van der Waals surface area contributed by atoms with Crippen molar-refractivity contribution in [2.24, 2.45) is 5.11 Å². The van der Waals surface area contributed by atoms with Gasteiger partial charge in [-0.3, -0.25) is 9.59 Å². The molecular formula is C18H15N3O2. The number of benzene rings is 2. The van der Waals surface area contributed by atoms with Crippen molar-refractivity contribution in [3.8, 4) is 0 Å². The van der Waals surface area contributed by atoms with E-state index in [-0.39, 0.29) is 18.1 Å². The minimum Gasteiger partial charge on any atom is -0.293 e. The van der Waals surface area contributed by atoms with Crippen LogP contribution >= 0.6 is 0 Å². The zero-order chi connectivity index (χ0) is 16.3. The Morgan fingerprint density at radius 2 is 1.48 bits per heavy atom. The third-order valence-corrected chi connectivity index (χ3v) is 4.33. The van der Waals surface area contributed by atoms with Gasteiger partial charge in [0.1, 0.15) is 5.41 Å². The second-order valence-electron chi connectivity index (χ2n) is 5.53. The number of nitrogens with zero attached hydrogens (tertiary/aromatic N) is 3. The number of hydrogen-bond acceptors (Lipinski definition) is 3. The summed E-state index contributed by atoms with van der Waals surface area (Å²) >= 11 is 0. The number of hydrogen-bond donors (Lipinski definition) is 0. The van der Waals surface area contributed by atoms with Gasteiger partial charge in [-0.05, 0) is 23.9 Å². The molecule has 1 aliphatic rings. The van der Waals surface area contributed by atoms with Crippen LogP contribution < -0.4 is 0 Å². The predicted molar refractivity (Wildman–Crippen MR) is 86.5 cm³/mol. The zero-order valence-corrected chi connectivity index (χ0v) is 12.5. The summed E-state index contributed by atoms with van der Waals surface area (Å²) in [6.45, 7) is 0.266. The number of carbonyl (C=O) groups excluding carboxylic acids is 2. The fraction of sp³-hybridized carbons (Fsp3) is 0.222. The van der Waals surface area contributed by atoms with Gasteiger partial charge < -0.3 is 0 Å². The first-order valence-corrected chi connectivity index (χ1v) is 7.47. The van der Waals surface area contributed by atoms with Gasteiger partial charge in [0.15, 0.2) is 11.6 Å². The SMILES string of the molecule is [N-]=[N+]=NCCCC1(c2ccccc2)C(=O)c2ccccc2C1=O. The summed E-state index contributed by atoms with van der Waals surface area (Å²) < 4.78 is 0. The molecule has 1 aliphatic carbocycles. The average Bonchev–Trinajstić information content (AvgIpc) is 2.82. The molecule has 114 valence electrons. The molecule has 0 fully saturated rings. The first kappa shape index (κ1) is 15.0. The van der Waals surface area contributed by atoms with E-state index in [1.54, 1.807) is 24.3 Å². The lowest BCUT2D eigenvalue weighted by Gasteiger charge is -2.26. The quantitative estimate of drug-likeness (QED) is 0.274. The number of azide groups is 1. The molecule has 2 aromatic rings. The minimum atomic E-state index is -1.20. The Kier molecular flexibility index (Phi) is 3.96. The largest absolute Gasteiger partial charge is 0.293 e. The summed E-state index contributed by atoms with van der Waals surface area (Å²) in [6, 6.07) is 16.1. The highest BCUT2D eigenvalue weighted by molar-refractivity contribution is 6.33. The number of fused-ring (bicyclic) bond motifs is 1. The normalized spacial score (nSPS) is 15.1. The number of rotatable bonds is 5. The molecule has 0 aromatic heterocycles. The maximum atomic E-state index is 13.1. The molecule has 0 aliphatic heterocycles. The molecule has 0 saturated heterocycles. The van der Waals surface area contributed by atoms with E-state index in [4.69, 9.17) is 5.53 Å². The molecule has 0 atom stereocenters. The molecule has 5 heteroatoms. The highest BCUT2D eigenvalue weighted by Crippen LogP contribution is 2.42. The van der Waals surface area contributed by atoms with Crippen LogP contribution in [0.4, 0.5) is 0 Å². The lowest BCUT2D eigenvalue weighted by molar-refractivity contribution is 0.0782. The van der Waals surface area contributed by atoms with Crippen molar-refractivity contribution in [2.45, 2.75) is 18.3 Å². The van der Waals surface area contributed by atoms with Crippen molar-refractivity contribution in [3.05, 3.63) is 81.7 Å². The van der Waals surface area contributed by atoms with E-state index in [1.165, 1.54) is 0 Å². The molecule has 23 heavy (non-hydrogen) atoms. The summed E-state index contributed by atoms with van der Waals surface area (Å²) in [7, 11) is 0. The molecule has 0 amide bonds. The summed E-state index contributed by atoms with van der Waals surface area (Å²) in [4.78, 5) is 28.9. The van der Waals surface area contributed by atoms with Crippen LogP contribution in [0.5, 0.6) is 0 Å². The van der Waals surface area contributed by atoms with Crippen LogP contribution in [0.1, 0.15) is 39.1 Å². The van der Waals surface area contributed by atoms with Gasteiger partial charge in [-0.2, -0.15) is 0 Å². The van der Waals surface area contributed by atoms with Gasteiger partial charge in [-0.1, -0.05) is 59.7 Å². The van der Waals surface area contributed by atoms with Crippen LogP contribution in [0.2, 0.25) is 0 Å². The van der Waals surface area contributed by atoms with E-state index in [0.29, 0.717) is 29.5 Å². The maximum absolute atomic E-state index is 13.1. The van der Waals surface area contributed by atoms with Gasteiger partial charge in [0.05, 0.1) is 0 Å². The maximum Gasteiger partial charge on any atom is 0.181 e. The number of Topliss-reactive ketones (excluding diaryl/α,β-unsaturated/α-hetero) is 2. The Bertz CT molecular complexity index is 773. The fourth-order valence-corrected chi connectivity index (χ4v) is 3.26. The van der Waals surface area contributed by atoms with Crippen molar-refractivity contribution in [2.75, 3.05) is 6.54 Å². The predicted octanol–water partition coefficient (Wildman–Crippen LogP) is 4.09. The highest BCUT2D eigenvalue weighted by atomic mass is 16.2. The van der Waals surface area contributed by atoms with Crippen LogP contribution in [0, 0.1) is 0 Å². The van der Waals surface area contributed by atoms with Crippen molar-refractivity contribution in [1.82, 2.24) is 0 Å². The smallest absolute Gasteiger partial charge is 0.181 e. The second-order valence-corrected chi connectivity index (χ2v) is 5.53. The number of ketones is 2. The average molecular weight is 305 g/mol. The standard InChI is InChI=1S/C18H15N3O2/c19-21-20-12-6-11-18(13-7-2-1-3-8-13)16(22)14-9-4-5-10-15(14)17(18)23/h1-5,7-10H,6,11-12H2. The van der Waals surface area contributed by atoms with Crippen LogP contribution in [0.3, 0.4) is 0 Å². The van der Waals surface area contributed by atoms with Crippen molar-refractivity contribution in [1.29, 1.82) is 0 Å². The Morgan fingerprint density at radius 1 is 0.913 bits per heavy atom. The summed E-state index contributed by atoms with van der Waals surface area (Å²) in [5, 5.41) is 3.51. The lowest BCUT2D eigenvalue weighted by atomic mass is 9.72. The second kappa shape index (κ2) is 6.07. The first-order valence-electron chi connectivity index (χ1n) is 7.47.